The van der Waals surface area contributed by atoms with Crippen molar-refractivity contribution in [3.8, 4) is 22.9 Å². The van der Waals surface area contributed by atoms with Crippen LogP contribution in [0.25, 0.3) is 49.7 Å². The van der Waals surface area contributed by atoms with Gasteiger partial charge in [-0.25, -0.2) is 4.79 Å². The molecule has 174 valence electrons. The fourth-order valence-electron chi connectivity index (χ4n) is 4.85. The quantitative estimate of drug-likeness (QED) is 0.324. The van der Waals surface area contributed by atoms with Crippen LogP contribution < -0.4 is 5.69 Å². The fourth-order valence-corrected chi connectivity index (χ4v) is 4.85. The largest absolute Gasteiger partial charge is 0.333 e. The van der Waals surface area contributed by atoms with Crippen molar-refractivity contribution in [2.75, 3.05) is 0 Å². The SMILES string of the molecule is Cn1c(=O)n(-c2ccc(C(C)(C)C#N)cc2)c2c3cc(-c4cccc5ncccc45)ccc3ncc21. The van der Waals surface area contributed by atoms with Crippen molar-refractivity contribution in [3.05, 3.63) is 101 Å². The van der Waals surface area contributed by atoms with Crippen LogP contribution in [-0.4, -0.2) is 19.1 Å². The van der Waals surface area contributed by atoms with Crippen LogP contribution in [0.4, 0.5) is 0 Å². The molecule has 6 aromatic rings. The van der Waals surface area contributed by atoms with Crippen molar-refractivity contribution in [1.29, 1.82) is 5.26 Å². The van der Waals surface area contributed by atoms with Crippen LogP contribution >= 0.6 is 0 Å². The van der Waals surface area contributed by atoms with Gasteiger partial charge >= 0.3 is 5.69 Å². The smallest absolute Gasteiger partial charge is 0.293 e. The van der Waals surface area contributed by atoms with E-state index in [4.69, 9.17) is 0 Å². The van der Waals surface area contributed by atoms with Crippen LogP contribution in [0.1, 0.15) is 19.4 Å². The molecule has 0 amide bonds. The second kappa shape index (κ2) is 7.89. The minimum Gasteiger partial charge on any atom is -0.293 e. The molecule has 0 atom stereocenters. The van der Waals surface area contributed by atoms with E-state index in [2.05, 4.69) is 40.3 Å². The van der Waals surface area contributed by atoms with E-state index < -0.39 is 5.41 Å². The van der Waals surface area contributed by atoms with Gasteiger partial charge < -0.3 is 0 Å². The third-order valence-corrected chi connectivity index (χ3v) is 6.97. The number of nitrogens with zero attached hydrogens (tertiary/aromatic N) is 5. The maximum Gasteiger partial charge on any atom is 0.333 e. The second-order valence-electron chi connectivity index (χ2n) is 9.56. The zero-order chi connectivity index (χ0) is 25.0. The Balaban J connectivity index is 1.63. The van der Waals surface area contributed by atoms with Crippen molar-refractivity contribution < 1.29 is 0 Å². The Hall–Kier alpha value is -4.76. The number of aromatic nitrogens is 4. The van der Waals surface area contributed by atoms with Gasteiger partial charge in [-0.15, -0.1) is 0 Å². The van der Waals surface area contributed by atoms with E-state index in [0.717, 1.165) is 55.2 Å². The third-order valence-electron chi connectivity index (χ3n) is 6.97. The molecule has 0 aliphatic rings. The van der Waals surface area contributed by atoms with E-state index in [1.807, 2.05) is 62.4 Å². The van der Waals surface area contributed by atoms with Gasteiger partial charge in [-0.05, 0) is 66.9 Å². The zero-order valence-electron chi connectivity index (χ0n) is 20.2. The highest BCUT2D eigenvalue weighted by Crippen LogP contribution is 2.33. The van der Waals surface area contributed by atoms with Crippen molar-refractivity contribution in [1.82, 2.24) is 19.1 Å². The predicted molar refractivity (Wildman–Crippen MR) is 143 cm³/mol. The highest BCUT2D eigenvalue weighted by Gasteiger charge is 2.21. The molecule has 3 aromatic heterocycles. The van der Waals surface area contributed by atoms with Gasteiger partial charge in [0.25, 0.3) is 0 Å². The van der Waals surface area contributed by atoms with Crippen LogP contribution in [0.5, 0.6) is 0 Å². The standard InChI is InChI=1S/C30H23N5O/c1-30(2,18-31)20-10-12-21(13-11-20)35-28-24-16-19(22-6-4-8-25-23(22)7-5-15-32-25)9-14-26(24)33-17-27(28)34(3)29(35)36/h4-17H,1-3H3. The molecule has 0 radical (unpaired) electrons. The average molecular weight is 470 g/mol. The van der Waals surface area contributed by atoms with Gasteiger partial charge in [-0.2, -0.15) is 5.26 Å². The summed E-state index contributed by atoms with van der Waals surface area (Å²) in [6.45, 7) is 3.77. The summed E-state index contributed by atoms with van der Waals surface area (Å²) in [6, 6.07) is 26.3. The third kappa shape index (κ3) is 3.21. The molecule has 0 aliphatic carbocycles. The van der Waals surface area contributed by atoms with E-state index in [1.54, 1.807) is 28.6 Å². The first-order chi connectivity index (χ1) is 17.4. The van der Waals surface area contributed by atoms with Crippen molar-refractivity contribution in [3.63, 3.8) is 0 Å². The summed E-state index contributed by atoms with van der Waals surface area (Å²) in [7, 11) is 1.77. The molecule has 6 heteroatoms. The monoisotopic (exact) mass is 469 g/mol. The van der Waals surface area contributed by atoms with Crippen molar-refractivity contribution in [2.45, 2.75) is 19.3 Å². The molecule has 0 spiro atoms. The summed E-state index contributed by atoms with van der Waals surface area (Å²) in [5, 5.41) is 11.5. The highest BCUT2D eigenvalue weighted by molar-refractivity contribution is 6.06. The summed E-state index contributed by atoms with van der Waals surface area (Å²) >= 11 is 0. The molecule has 0 unspecified atom stereocenters. The lowest BCUT2D eigenvalue weighted by molar-refractivity contribution is 0.686. The van der Waals surface area contributed by atoms with Crippen molar-refractivity contribution in [2.24, 2.45) is 7.05 Å². The van der Waals surface area contributed by atoms with Gasteiger partial charge in [0.2, 0.25) is 0 Å². The Bertz CT molecular complexity index is 1900. The maximum absolute atomic E-state index is 13.4. The normalized spacial score (nSPS) is 11.8. The van der Waals surface area contributed by atoms with Crippen LogP contribution in [0.3, 0.4) is 0 Å². The number of fused-ring (bicyclic) bond motifs is 4. The molecule has 3 aromatic carbocycles. The summed E-state index contributed by atoms with van der Waals surface area (Å²) in [6.07, 6.45) is 3.55. The molecule has 0 fully saturated rings. The molecule has 6 rings (SSSR count). The predicted octanol–water partition coefficient (Wildman–Crippen LogP) is 5.89. The lowest BCUT2D eigenvalue weighted by atomic mass is 9.86. The summed E-state index contributed by atoms with van der Waals surface area (Å²) in [4.78, 5) is 22.6. The number of hydrogen-bond donors (Lipinski definition) is 0. The molecule has 0 aliphatic heterocycles. The first kappa shape index (κ1) is 21.8. The minimum atomic E-state index is -0.610. The van der Waals surface area contributed by atoms with E-state index in [1.165, 1.54) is 0 Å². The number of imidazole rings is 1. The maximum atomic E-state index is 13.4. The van der Waals surface area contributed by atoms with Crippen LogP contribution in [-0.2, 0) is 12.5 Å². The van der Waals surface area contributed by atoms with Gasteiger partial charge in [-0.1, -0.05) is 36.4 Å². The Kier molecular flexibility index (Phi) is 4.77. The lowest BCUT2D eigenvalue weighted by Crippen LogP contribution is -2.21. The molecular formula is C30H23N5O. The molecule has 0 saturated heterocycles. The van der Waals surface area contributed by atoms with Crippen LogP contribution in [0.2, 0.25) is 0 Å². The topological polar surface area (TPSA) is 76.5 Å². The molecule has 0 N–H and O–H groups in total. The molecule has 6 nitrogen and oxygen atoms in total. The summed E-state index contributed by atoms with van der Waals surface area (Å²) < 4.78 is 3.36. The summed E-state index contributed by atoms with van der Waals surface area (Å²) in [5.74, 6) is 0. The van der Waals surface area contributed by atoms with Gasteiger partial charge in [0, 0.05) is 24.0 Å². The molecule has 0 saturated carbocycles. The number of benzene rings is 3. The van der Waals surface area contributed by atoms with E-state index in [-0.39, 0.29) is 5.69 Å². The number of pyridine rings is 2. The number of nitriles is 1. The Morgan fingerprint density at radius 1 is 0.889 bits per heavy atom. The van der Waals surface area contributed by atoms with E-state index >= 15 is 0 Å². The highest BCUT2D eigenvalue weighted by atomic mass is 16.1. The Labute approximate surface area is 207 Å². The van der Waals surface area contributed by atoms with E-state index in [0.29, 0.717) is 0 Å². The average Bonchev–Trinajstić information content (AvgIpc) is 3.18. The zero-order valence-corrected chi connectivity index (χ0v) is 20.2. The first-order valence-electron chi connectivity index (χ1n) is 11.8. The number of aryl methyl sites for hydroxylation is 1. The van der Waals surface area contributed by atoms with Crippen LogP contribution in [0, 0.1) is 11.3 Å². The fraction of sp³-hybridized carbons (Fsp3) is 0.133. The Morgan fingerprint density at radius 3 is 2.44 bits per heavy atom. The minimum absolute atomic E-state index is 0.147. The van der Waals surface area contributed by atoms with E-state index in [9.17, 15) is 10.1 Å². The lowest BCUT2D eigenvalue weighted by Gasteiger charge is -2.16. The second-order valence-corrected chi connectivity index (χ2v) is 9.56. The van der Waals surface area contributed by atoms with Gasteiger partial charge in [0.15, 0.2) is 0 Å². The molecule has 36 heavy (non-hydrogen) atoms. The van der Waals surface area contributed by atoms with Gasteiger partial charge in [-0.3, -0.25) is 19.1 Å². The number of rotatable bonds is 3. The molecule has 0 bridgehead atoms. The molecular weight excluding hydrogens is 446 g/mol. The van der Waals surface area contributed by atoms with Gasteiger partial charge in [0.05, 0.1) is 45.4 Å². The van der Waals surface area contributed by atoms with Crippen LogP contribution in [0.15, 0.2) is 90.0 Å². The number of hydrogen-bond acceptors (Lipinski definition) is 4. The summed E-state index contributed by atoms with van der Waals surface area (Å²) in [5.41, 5.74) is 6.31. The first-order valence-corrected chi connectivity index (χ1v) is 11.8. The van der Waals surface area contributed by atoms with Crippen molar-refractivity contribution >= 4 is 32.8 Å². The van der Waals surface area contributed by atoms with Gasteiger partial charge in [0.1, 0.15) is 0 Å². The molecule has 3 heterocycles. The Morgan fingerprint density at radius 2 is 1.67 bits per heavy atom.